The Hall–Kier alpha value is -2.24. The van der Waals surface area contributed by atoms with Gasteiger partial charge in [-0.1, -0.05) is 30.3 Å². The second-order valence-electron chi connectivity index (χ2n) is 6.52. The third-order valence-corrected chi connectivity index (χ3v) is 4.57. The summed E-state index contributed by atoms with van der Waals surface area (Å²) < 4.78 is 13.0. The van der Waals surface area contributed by atoms with Gasteiger partial charge in [0.1, 0.15) is 5.82 Å². The highest BCUT2D eigenvalue weighted by molar-refractivity contribution is 5.94. The number of rotatable bonds is 4. The quantitative estimate of drug-likeness (QED) is 0.898. The van der Waals surface area contributed by atoms with E-state index in [1.807, 2.05) is 18.2 Å². The molecular weight excluding hydrogens is 319 g/mol. The van der Waals surface area contributed by atoms with E-state index in [-0.39, 0.29) is 17.8 Å². The maximum Gasteiger partial charge on any atom is 0.251 e. The number of hydrogen-bond donors (Lipinski definition) is 2. The molecule has 0 aliphatic carbocycles. The number of aliphatic hydroxyl groups is 1. The fourth-order valence-electron chi connectivity index (χ4n) is 3.20. The van der Waals surface area contributed by atoms with Crippen molar-refractivity contribution in [3.8, 4) is 0 Å². The van der Waals surface area contributed by atoms with Crippen molar-refractivity contribution in [1.82, 2.24) is 10.2 Å². The third-order valence-electron chi connectivity index (χ3n) is 4.57. The van der Waals surface area contributed by atoms with Gasteiger partial charge in [0, 0.05) is 18.7 Å². The van der Waals surface area contributed by atoms with Crippen LogP contribution in [0.4, 0.5) is 4.39 Å². The van der Waals surface area contributed by atoms with Gasteiger partial charge in [-0.15, -0.1) is 0 Å². The van der Waals surface area contributed by atoms with Crippen LogP contribution < -0.4 is 5.32 Å². The number of hydrogen-bond acceptors (Lipinski definition) is 3. The van der Waals surface area contributed by atoms with Crippen LogP contribution in [0.5, 0.6) is 0 Å². The van der Waals surface area contributed by atoms with E-state index in [4.69, 9.17) is 0 Å². The highest BCUT2D eigenvalue weighted by Gasteiger charge is 2.27. The molecule has 5 heteroatoms. The molecule has 2 unspecified atom stereocenters. The van der Waals surface area contributed by atoms with Crippen LogP contribution in [-0.4, -0.2) is 41.1 Å². The van der Waals surface area contributed by atoms with Gasteiger partial charge in [0.05, 0.1) is 12.1 Å². The van der Waals surface area contributed by atoms with E-state index in [0.717, 1.165) is 19.5 Å². The average Bonchev–Trinajstić information content (AvgIpc) is 2.78. The molecule has 1 aliphatic heterocycles. The van der Waals surface area contributed by atoms with Gasteiger partial charge in [0.15, 0.2) is 0 Å². The van der Waals surface area contributed by atoms with Crippen molar-refractivity contribution >= 4 is 5.91 Å². The van der Waals surface area contributed by atoms with Crippen molar-refractivity contribution in [1.29, 1.82) is 0 Å². The summed E-state index contributed by atoms with van der Waals surface area (Å²) in [6.45, 7) is 2.26. The number of nitrogens with zero attached hydrogens (tertiary/aromatic N) is 1. The number of carbonyl (C=O) groups is 1. The number of halogens is 1. The highest BCUT2D eigenvalue weighted by atomic mass is 19.1. The molecule has 3 rings (SSSR count). The molecule has 2 aromatic rings. The van der Waals surface area contributed by atoms with Gasteiger partial charge in [-0.25, -0.2) is 4.39 Å². The summed E-state index contributed by atoms with van der Waals surface area (Å²) in [7, 11) is 0. The Morgan fingerprint density at radius 1 is 1.16 bits per heavy atom. The van der Waals surface area contributed by atoms with E-state index in [1.54, 1.807) is 0 Å². The molecule has 0 bridgehead atoms. The molecule has 0 radical (unpaired) electrons. The first-order valence-corrected chi connectivity index (χ1v) is 8.62. The van der Waals surface area contributed by atoms with Crippen LogP contribution >= 0.6 is 0 Å². The van der Waals surface area contributed by atoms with E-state index in [1.165, 1.54) is 29.8 Å². The molecule has 1 amide bonds. The van der Waals surface area contributed by atoms with Crippen LogP contribution in [0.3, 0.4) is 0 Å². The lowest BCUT2D eigenvalue weighted by atomic mass is 10.1. The van der Waals surface area contributed by atoms with Crippen molar-refractivity contribution in [3.05, 3.63) is 71.5 Å². The number of aliphatic hydroxyl groups excluding tert-OH is 1. The summed E-state index contributed by atoms with van der Waals surface area (Å²) in [5.74, 6) is -0.661. The molecule has 2 N–H and O–H groups in total. The lowest BCUT2D eigenvalue weighted by molar-refractivity contribution is 0.0798. The molecular formula is C20H23FN2O2. The molecule has 1 saturated heterocycles. The van der Waals surface area contributed by atoms with Gasteiger partial charge in [-0.3, -0.25) is 9.69 Å². The van der Waals surface area contributed by atoms with Gasteiger partial charge in [0.25, 0.3) is 5.91 Å². The third kappa shape index (κ3) is 4.87. The minimum Gasteiger partial charge on any atom is -0.391 e. The fourth-order valence-corrected chi connectivity index (χ4v) is 3.20. The van der Waals surface area contributed by atoms with Crippen molar-refractivity contribution in [2.75, 3.05) is 13.1 Å². The molecule has 1 heterocycles. The van der Waals surface area contributed by atoms with Crippen molar-refractivity contribution in [3.63, 3.8) is 0 Å². The second-order valence-corrected chi connectivity index (χ2v) is 6.52. The smallest absolute Gasteiger partial charge is 0.251 e. The predicted octanol–water partition coefficient (Wildman–Crippen LogP) is 2.58. The largest absolute Gasteiger partial charge is 0.391 e. The zero-order valence-corrected chi connectivity index (χ0v) is 14.1. The summed E-state index contributed by atoms with van der Waals surface area (Å²) >= 11 is 0. The fraction of sp³-hybridized carbons (Fsp3) is 0.350. The topological polar surface area (TPSA) is 52.6 Å². The first-order valence-electron chi connectivity index (χ1n) is 8.62. The molecule has 0 saturated carbocycles. The molecule has 2 atom stereocenters. The highest BCUT2D eigenvalue weighted by Crippen LogP contribution is 2.15. The Morgan fingerprint density at radius 2 is 1.88 bits per heavy atom. The van der Waals surface area contributed by atoms with Gasteiger partial charge in [-0.05, 0) is 49.2 Å². The van der Waals surface area contributed by atoms with Crippen LogP contribution in [0, 0.1) is 5.82 Å². The Labute approximate surface area is 147 Å². The Morgan fingerprint density at radius 3 is 2.60 bits per heavy atom. The summed E-state index contributed by atoms with van der Waals surface area (Å²) in [5, 5.41) is 13.3. The number of carbonyl (C=O) groups excluding carboxylic acids is 1. The minimum atomic E-state index is -0.579. The second kappa shape index (κ2) is 8.23. The maximum absolute atomic E-state index is 13.0. The standard InChI is InChI=1S/C20H23FN2O2/c21-17-10-8-16(9-11-17)20(25)22-18-14-23(12-4-7-19(18)24)13-15-5-2-1-3-6-15/h1-3,5-6,8-11,18-19,24H,4,7,12-14H2,(H,22,25). The normalized spacial score (nSPS) is 21.5. The lowest BCUT2D eigenvalue weighted by Crippen LogP contribution is -2.48. The molecule has 132 valence electrons. The van der Waals surface area contributed by atoms with Crippen molar-refractivity contribution in [2.45, 2.75) is 31.5 Å². The summed E-state index contributed by atoms with van der Waals surface area (Å²) in [6.07, 6.45) is 0.960. The molecule has 1 aliphatic rings. The zero-order valence-electron chi connectivity index (χ0n) is 14.1. The van der Waals surface area contributed by atoms with E-state index in [2.05, 4.69) is 22.3 Å². The minimum absolute atomic E-state index is 0.286. The van der Waals surface area contributed by atoms with Crippen molar-refractivity contribution in [2.24, 2.45) is 0 Å². The molecule has 25 heavy (non-hydrogen) atoms. The van der Waals surface area contributed by atoms with Crippen LogP contribution in [-0.2, 0) is 6.54 Å². The molecule has 0 spiro atoms. The summed E-state index contributed by atoms with van der Waals surface area (Å²) in [5.41, 5.74) is 1.61. The number of amides is 1. The average molecular weight is 342 g/mol. The number of nitrogens with one attached hydrogen (secondary N) is 1. The van der Waals surface area contributed by atoms with Gasteiger partial charge < -0.3 is 10.4 Å². The molecule has 4 nitrogen and oxygen atoms in total. The number of likely N-dealkylation sites (tertiary alicyclic amines) is 1. The molecule has 1 fully saturated rings. The zero-order chi connectivity index (χ0) is 17.6. The first-order chi connectivity index (χ1) is 12.1. The summed E-state index contributed by atoms with van der Waals surface area (Å²) in [6, 6.07) is 15.3. The van der Waals surface area contributed by atoms with E-state index >= 15 is 0 Å². The Balaban J connectivity index is 1.65. The maximum atomic E-state index is 13.0. The van der Waals surface area contributed by atoms with Crippen LogP contribution in [0.2, 0.25) is 0 Å². The predicted molar refractivity (Wildman–Crippen MR) is 94.6 cm³/mol. The van der Waals surface area contributed by atoms with Gasteiger partial charge >= 0.3 is 0 Å². The Kier molecular flexibility index (Phi) is 5.79. The molecule has 0 aromatic heterocycles. The summed E-state index contributed by atoms with van der Waals surface area (Å²) in [4.78, 5) is 14.6. The van der Waals surface area contributed by atoms with Crippen LogP contribution in [0.1, 0.15) is 28.8 Å². The number of benzene rings is 2. The van der Waals surface area contributed by atoms with E-state index in [9.17, 15) is 14.3 Å². The van der Waals surface area contributed by atoms with Crippen LogP contribution in [0.25, 0.3) is 0 Å². The first kappa shape index (κ1) is 17.6. The molecule has 2 aromatic carbocycles. The van der Waals surface area contributed by atoms with Crippen molar-refractivity contribution < 1.29 is 14.3 Å². The van der Waals surface area contributed by atoms with E-state index < -0.39 is 6.10 Å². The monoisotopic (exact) mass is 342 g/mol. The van der Waals surface area contributed by atoms with Gasteiger partial charge in [-0.2, -0.15) is 0 Å². The van der Waals surface area contributed by atoms with E-state index in [0.29, 0.717) is 18.5 Å². The SMILES string of the molecule is O=C(NC1CN(Cc2ccccc2)CCCC1O)c1ccc(F)cc1. The lowest BCUT2D eigenvalue weighted by Gasteiger charge is -2.27. The van der Waals surface area contributed by atoms with Crippen LogP contribution in [0.15, 0.2) is 54.6 Å². The Bertz CT molecular complexity index is 691. The van der Waals surface area contributed by atoms with Gasteiger partial charge in [0.2, 0.25) is 0 Å².